The lowest BCUT2D eigenvalue weighted by molar-refractivity contribution is 0.494. The molecule has 3 nitrogen and oxygen atoms in total. The minimum atomic E-state index is 0. The zero-order chi connectivity index (χ0) is 10.4. The smallest absolute Gasteiger partial charge is 0.193 e. The van der Waals surface area contributed by atoms with Crippen LogP contribution in [-0.2, 0) is 0 Å². The summed E-state index contributed by atoms with van der Waals surface area (Å²) in [6.45, 7) is 5.56. The van der Waals surface area contributed by atoms with Gasteiger partial charge in [-0.25, -0.2) is 0 Å². The van der Waals surface area contributed by atoms with E-state index in [0.29, 0.717) is 5.25 Å². The number of likely N-dealkylation sites (tertiary alicyclic amines) is 1. The topological polar surface area (TPSA) is 27.6 Å². The normalized spacial score (nSPS) is 18.6. The van der Waals surface area contributed by atoms with Crippen molar-refractivity contribution in [2.24, 2.45) is 4.99 Å². The summed E-state index contributed by atoms with van der Waals surface area (Å²) in [5, 5.41) is 4.06. The molecule has 1 aliphatic rings. The van der Waals surface area contributed by atoms with Crippen molar-refractivity contribution in [3.8, 4) is 0 Å². The van der Waals surface area contributed by atoms with Gasteiger partial charge in [0.2, 0.25) is 0 Å². The van der Waals surface area contributed by atoms with Gasteiger partial charge >= 0.3 is 0 Å². The molecule has 1 unspecified atom stereocenters. The molecule has 0 spiro atoms. The van der Waals surface area contributed by atoms with Crippen molar-refractivity contribution < 1.29 is 0 Å². The van der Waals surface area contributed by atoms with Crippen molar-refractivity contribution in [3.63, 3.8) is 0 Å². The zero-order valence-electron chi connectivity index (χ0n) is 9.82. The number of guanidine groups is 1. The molecule has 1 atom stereocenters. The van der Waals surface area contributed by atoms with E-state index in [-0.39, 0.29) is 24.0 Å². The van der Waals surface area contributed by atoms with Crippen molar-refractivity contribution >= 4 is 41.7 Å². The molecule has 0 radical (unpaired) electrons. The number of rotatable bonds is 3. The first kappa shape index (κ1) is 15.3. The van der Waals surface area contributed by atoms with E-state index < -0.39 is 0 Å². The van der Waals surface area contributed by atoms with Crippen LogP contribution in [0.15, 0.2) is 4.99 Å². The fourth-order valence-corrected chi connectivity index (χ4v) is 1.83. The molecule has 1 fully saturated rings. The summed E-state index contributed by atoms with van der Waals surface area (Å²) in [6.07, 6.45) is 4.75. The van der Waals surface area contributed by atoms with Crippen LogP contribution in [0.25, 0.3) is 0 Å². The SMILES string of the molecule is CN=C(NCC(C)SC)N1CCCC1.I. The Labute approximate surface area is 114 Å². The highest BCUT2D eigenvalue weighted by atomic mass is 127. The first-order chi connectivity index (χ1) is 6.77. The lowest BCUT2D eigenvalue weighted by Gasteiger charge is -2.22. The van der Waals surface area contributed by atoms with Gasteiger partial charge in [0, 0.05) is 31.9 Å². The first-order valence-corrected chi connectivity index (χ1v) is 6.55. The lowest BCUT2D eigenvalue weighted by atomic mass is 10.4. The van der Waals surface area contributed by atoms with Crippen LogP contribution in [0.3, 0.4) is 0 Å². The van der Waals surface area contributed by atoms with Crippen LogP contribution in [0.4, 0.5) is 0 Å². The van der Waals surface area contributed by atoms with Crippen LogP contribution in [0.5, 0.6) is 0 Å². The highest BCUT2D eigenvalue weighted by molar-refractivity contribution is 14.0. The van der Waals surface area contributed by atoms with E-state index in [1.165, 1.54) is 12.8 Å². The van der Waals surface area contributed by atoms with Crippen LogP contribution in [0.2, 0.25) is 0 Å². The summed E-state index contributed by atoms with van der Waals surface area (Å²) >= 11 is 1.88. The summed E-state index contributed by atoms with van der Waals surface area (Å²) in [5.41, 5.74) is 0. The Bertz CT molecular complexity index is 193. The molecule has 5 heteroatoms. The molecule has 15 heavy (non-hydrogen) atoms. The van der Waals surface area contributed by atoms with Crippen molar-refractivity contribution in [2.75, 3.05) is 32.9 Å². The Morgan fingerprint density at radius 2 is 2.07 bits per heavy atom. The fraction of sp³-hybridized carbons (Fsp3) is 0.900. The Balaban J connectivity index is 0.00000196. The molecule has 0 aliphatic carbocycles. The molecule has 0 aromatic rings. The van der Waals surface area contributed by atoms with Crippen LogP contribution < -0.4 is 5.32 Å². The molecule has 90 valence electrons. The highest BCUT2D eigenvalue weighted by Gasteiger charge is 2.15. The molecule has 0 aromatic heterocycles. The molecular formula is C10H22IN3S. The zero-order valence-corrected chi connectivity index (χ0v) is 13.0. The Morgan fingerprint density at radius 3 is 2.53 bits per heavy atom. The third-order valence-corrected chi connectivity index (χ3v) is 3.54. The van der Waals surface area contributed by atoms with Gasteiger partial charge in [0.15, 0.2) is 5.96 Å². The van der Waals surface area contributed by atoms with Gasteiger partial charge in [0.05, 0.1) is 0 Å². The second kappa shape index (κ2) is 8.50. The van der Waals surface area contributed by atoms with E-state index >= 15 is 0 Å². The van der Waals surface area contributed by atoms with Crippen LogP contribution in [0.1, 0.15) is 19.8 Å². The predicted octanol–water partition coefficient (Wildman–Crippen LogP) is 2.03. The standard InChI is InChI=1S/C10H21N3S.HI/c1-9(14-3)8-12-10(11-2)13-6-4-5-7-13;/h9H,4-8H2,1-3H3,(H,11,12);1H. The minimum absolute atomic E-state index is 0. The van der Waals surface area contributed by atoms with Crippen molar-refractivity contribution in [1.29, 1.82) is 0 Å². The third kappa shape index (κ3) is 5.29. The van der Waals surface area contributed by atoms with E-state index in [4.69, 9.17) is 0 Å². The van der Waals surface area contributed by atoms with E-state index in [9.17, 15) is 0 Å². The minimum Gasteiger partial charge on any atom is -0.355 e. The molecular weight excluding hydrogens is 321 g/mol. The number of aliphatic imine (C=N–C) groups is 1. The number of hydrogen-bond donors (Lipinski definition) is 1. The van der Waals surface area contributed by atoms with Crippen LogP contribution >= 0.6 is 35.7 Å². The van der Waals surface area contributed by atoms with Gasteiger partial charge < -0.3 is 10.2 Å². The van der Waals surface area contributed by atoms with Crippen LogP contribution in [0, 0.1) is 0 Å². The van der Waals surface area contributed by atoms with Gasteiger partial charge in [-0.05, 0) is 19.1 Å². The Hall–Kier alpha value is 0.350. The maximum atomic E-state index is 4.30. The van der Waals surface area contributed by atoms with Gasteiger partial charge in [0.25, 0.3) is 0 Å². The molecule has 1 aliphatic heterocycles. The van der Waals surface area contributed by atoms with Crippen LogP contribution in [-0.4, -0.2) is 49.0 Å². The maximum Gasteiger partial charge on any atom is 0.193 e. The number of nitrogens with zero attached hydrogens (tertiary/aromatic N) is 2. The summed E-state index contributed by atoms with van der Waals surface area (Å²) in [4.78, 5) is 6.64. The average Bonchev–Trinajstić information content (AvgIpc) is 2.72. The van der Waals surface area contributed by atoms with E-state index in [1.807, 2.05) is 18.8 Å². The van der Waals surface area contributed by atoms with Gasteiger partial charge in [0.1, 0.15) is 0 Å². The lowest BCUT2D eigenvalue weighted by Crippen LogP contribution is -2.41. The van der Waals surface area contributed by atoms with Crippen molar-refractivity contribution in [2.45, 2.75) is 25.0 Å². The van der Waals surface area contributed by atoms with Gasteiger partial charge in [-0.2, -0.15) is 11.8 Å². The van der Waals surface area contributed by atoms with Gasteiger partial charge in [-0.3, -0.25) is 4.99 Å². The maximum absolute atomic E-state index is 4.30. The number of hydrogen-bond acceptors (Lipinski definition) is 2. The second-order valence-corrected chi connectivity index (χ2v) is 4.94. The number of thioether (sulfide) groups is 1. The number of halogens is 1. The van der Waals surface area contributed by atoms with Gasteiger partial charge in [-0.15, -0.1) is 24.0 Å². The summed E-state index contributed by atoms with van der Waals surface area (Å²) in [7, 11) is 1.87. The largest absolute Gasteiger partial charge is 0.355 e. The number of nitrogens with one attached hydrogen (secondary N) is 1. The molecule has 1 heterocycles. The molecule has 0 bridgehead atoms. The molecule has 0 aromatic carbocycles. The fourth-order valence-electron chi connectivity index (χ4n) is 1.58. The average molecular weight is 343 g/mol. The van der Waals surface area contributed by atoms with E-state index in [1.54, 1.807) is 0 Å². The van der Waals surface area contributed by atoms with E-state index in [2.05, 4.69) is 28.4 Å². The molecule has 1 N–H and O–H groups in total. The molecule has 1 rings (SSSR count). The van der Waals surface area contributed by atoms with E-state index in [0.717, 1.165) is 25.6 Å². The third-order valence-electron chi connectivity index (χ3n) is 2.57. The van der Waals surface area contributed by atoms with Crippen molar-refractivity contribution in [3.05, 3.63) is 0 Å². The van der Waals surface area contributed by atoms with Gasteiger partial charge in [-0.1, -0.05) is 6.92 Å². The second-order valence-electron chi connectivity index (χ2n) is 3.67. The molecule has 0 amide bonds. The first-order valence-electron chi connectivity index (χ1n) is 5.26. The predicted molar refractivity (Wildman–Crippen MR) is 80.6 cm³/mol. The Morgan fingerprint density at radius 1 is 1.47 bits per heavy atom. The Kier molecular flexibility index (Phi) is 8.69. The quantitative estimate of drug-likeness (QED) is 0.483. The molecule has 0 saturated carbocycles. The monoisotopic (exact) mass is 343 g/mol. The highest BCUT2D eigenvalue weighted by Crippen LogP contribution is 2.08. The van der Waals surface area contributed by atoms with Crippen molar-refractivity contribution in [1.82, 2.24) is 10.2 Å². The summed E-state index contributed by atoms with van der Waals surface area (Å²) < 4.78 is 0. The summed E-state index contributed by atoms with van der Waals surface area (Å²) in [5.74, 6) is 1.07. The molecule has 1 saturated heterocycles. The summed E-state index contributed by atoms with van der Waals surface area (Å²) in [6, 6.07) is 0.